The van der Waals surface area contributed by atoms with Crippen molar-refractivity contribution in [1.82, 2.24) is 0 Å². The molecule has 0 fully saturated rings. The average molecular weight is 539 g/mol. The fourth-order valence-electron chi connectivity index (χ4n) is 5.09. The van der Waals surface area contributed by atoms with Crippen molar-refractivity contribution in [2.75, 3.05) is 21.3 Å². The highest BCUT2D eigenvalue weighted by atomic mass is 28.4. The first-order valence-corrected chi connectivity index (χ1v) is 16.3. The summed E-state index contributed by atoms with van der Waals surface area (Å²) in [6.45, 7) is 0. The summed E-state index contributed by atoms with van der Waals surface area (Å²) in [4.78, 5) is 22.0. The van der Waals surface area contributed by atoms with Gasteiger partial charge in [0, 0.05) is 34.2 Å². The number of hydrogen-bond donors (Lipinski definition) is 2. The molecule has 1 atom stereocenters. The molecule has 2 N–H and O–H groups in total. The summed E-state index contributed by atoms with van der Waals surface area (Å²) in [6, 6.07) is 13.0. The molecule has 0 saturated heterocycles. The lowest BCUT2D eigenvalue weighted by molar-refractivity contribution is -0.228. The van der Waals surface area contributed by atoms with Crippen molar-refractivity contribution in [3.63, 3.8) is 0 Å². The number of unbranched alkanes of at least 4 members (excludes halogenated alkanes) is 11. The molecule has 0 radical (unpaired) electrons. The number of hydrogen-bond acceptors (Lipinski definition) is 5. The van der Waals surface area contributed by atoms with Gasteiger partial charge in [-0.3, -0.25) is 4.79 Å². The van der Waals surface area contributed by atoms with Crippen molar-refractivity contribution in [2.24, 2.45) is 0 Å². The lowest BCUT2D eigenvalue weighted by Crippen LogP contribution is -2.49. The average Bonchev–Trinajstić information content (AvgIpc) is 2.90. The summed E-state index contributed by atoms with van der Waals surface area (Å²) >= 11 is 0. The van der Waals surface area contributed by atoms with E-state index in [1.165, 1.54) is 45.1 Å². The van der Waals surface area contributed by atoms with Crippen LogP contribution in [0.15, 0.2) is 30.3 Å². The summed E-state index contributed by atoms with van der Waals surface area (Å²) in [6.07, 6.45) is 14.5. The molecule has 0 saturated carbocycles. The lowest BCUT2D eigenvalue weighted by atomic mass is 10.0. The van der Waals surface area contributed by atoms with E-state index in [0.29, 0.717) is 6.42 Å². The van der Waals surface area contributed by atoms with Crippen LogP contribution in [0.4, 0.5) is 0 Å². The maximum Gasteiger partial charge on any atom is 0.364 e. The van der Waals surface area contributed by atoms with E-state index in [2.05, 4.69) is 30.3 Å². The largest absolute Gasteiger partial charge is 0.481 e. The van der Waals surface area contributed by atoms with Gasteiger partial charge in [-0.15, -0.1) is 0 Å². The van der Waals surface area contributed by atoms with Crippen LogP contribution in [0.2, 0.25) is 12.1 Å². The zero-order valence-electron chi connectivity index (χ0n) is 23.3. The molecule has 0 aromatic heterocycles. The molecule has 1 aromatic rings. The SMILES string of the molecule is COC(CCCCCCCC[Si](CCCCCCCCCC(=O)O)(OC)c1ccccc1)(OC)C(=O)O. The van der Waals surface area contributed by atoms with Gasteiger partial charge in [-0.1, -0.05) is 101 Å². The Hall–Kier alpha value is -1.74. The van der Waals surface area contributed by atoms with Crippen molar-refractivity contribution < 1.29 is 33.7 Å². The van der Waals surface area contributed by atoms with Gasteiger partial charge in [-0.25, -0.2) is 4.79 Å². The molecule has 0 aliphatic heterocycles. The predicted molar refractivity (Wildman–Crippen MR) is 150 cm³/mol. The highest BCUT2D eigenvalue weighted by Gasteiger charge is 2.38. The number of aliphatic carboxylic acids is 2. The molecule has 7 nitrogen and oxygen atoms in total. The van der Waals surface area contributed by atoms with E-state index < -0.39 is 26.0 Å². The van der Waals surface area contributed by atoms with E-state index in [-0.39, 0.29) is 6.42 Å². The molecule has 37 heavy (non-hydrogen) atoms. The van der Waals surface area contributed by atoms with Gasteiger partial charge in [-0.2, -0.15) is 0 Å². The number of ether oxygens (including phenoxy) is 2. The van der Waals surface area contributed by atoms with Crippen LogP contribution in [-0.4, -0.2) is 57.6 Å². The molecule has 1 unspecified atom stereocenters. The van der Waals surface area contributed by atoms with Crippen LogP contribution in [0.5, 0.6) is 0 Å². The second kappa shape index (κ2) is 19.3. The highest BCUT2D eigenvalue weighted by Crippen LogP contribution is 2.26. The van der Waals surface area contributed by atoms with Gasteiger partial charge in [0.2, 0.25) is 8.32 Å². The normalized spacial score (nSPS) is 13.4. The topological polar surface area (TPSA) is 102 Å². The third-order valence-corrected chi connectivity index (χ3v) is 12.0. The second-order valence-corrected chi connectivity index (χ2v) is 14.0. The first kappa shape index (κ1) is 33.3. The molecule has 0 spiro atoms. The maximum atomic E-state index is 11.4. The Morgan fingerprint density at radius 3 is 1.59 bits per heavy atom. The number of methoxy groups -OCH3 is 2. The van der Waals surface area contributed by atoms with E-state index in [1.54, 1.807) is 0 Å². The second-order valence-electron chi connectivity index (χ2n) is 10.0. The molecule has 1 rings (SSSR count). The molecule has 0 aliphatic rings. The molecule has 0 amide bonds. The molecule has 0 heterocycles. The Balaban J connectivity index is 2.40. The summed E-state index contributed by atoms with van der Waals surface area (Å²) in [7, 11) is 2.62. The summed E-state index contributed by atoms with van der Waals surface area (Å²) in [5.74, 6) is -3.30. The smallest absolute Gasteiger partial charge is 0.364 e. The fraction of sp³-hybridized carbons (Fsp3) is 0.724. The van der Waals surface area contributed by atoms with Crippen LogP contribution in [0.25, 0.3) is 0 Å². The van der Waals surface area contributed by atoms with Crippen LogP contribution >= 0.6 is 0 Å². The van der Waals surface area contributed by atoms with Crippen molar-refractivity contribution >= 4 is 25.4 Å². The van der Waals surface area contributed by atoms with Crippen LogP contribution in [0.3, 0.4) is 0 Å². The number of carbonyl (C=O) groups is 2. The minimum absolute atomic E-state index is 0.284. The van der Waals surface area contributed by atoms with Crippen molar-refractivity contribution in [1.29, 1.82) is 0 Å². The van der Waals surface area contributed by atoms with Gasteiger partial charge in [-0.05, 0) is 30.1 Å². The minimum Gasteiger partial charge on any atom is -0.481 e. The molecular weight excluding hydrogens is 488 g/mol. The van der Waals surface area contributed by atoms with Gasteiger partial charge in [0.1, 0.15) is 0 Å². The van der Waals surface area contributed by atoms with Crippen molar-refractivity contribution in [3.05, 3.63) is 30.3 Å². The van der Waals surface area contributed by atoms with E-state index in [4.69, 9.17) is 19.0 Å². The number of benzene rings is 1. The standard InChI is InChI=1S/C29H50O7Si/c1-34-29(35-2,28(32)33)23-17-10-6-8-12-19-25-37(36-3,26-20-14-13-15-21-26)24-18-11-7-4-5-9-16-22-27(30)31/h13-15,20-21H,4-12,16-19,22-25H2,1-3H3,(H,30,31)(H,32,33). The Labute approximate surface area is 225 Å². The zero-order chi connectivity index (χ0) is 27.4. The number of rotatable bonds is 24. The Kier molecular flexibility index (Phi) is 17.4. The third kappa shape index (κ3) is 12.6. The summed E-state index contributed by atoms with van der Waals surface area (Å²) < 4.78 is 16.6. The third-order valence-electron chi connectivity index (χ3n) is 7.48. The van der Waals surface area contributed by atoms with Gasteiger partial charge in [0.05, 0.1) is 0 Å². The van der Waals surface area contributed by atoms with Gasteiger partial charge >= 0.3 is 11.9 Å². The van der Waals surface area contributed by atoms with Gasteiger partial charge < -0.3 is 24.1 Å². The van der Waals surface area contributed by atoms with Crippen molar-refractivity contribution in [2.45, 2.75) is 114 Å². The van der Waals surface area contributed by atoms with E-state index in [9.17, 15) is 14.7 Å². The summed E-state index contributed by atoms with van der Waals surface area (Å²) in [5, 5.41) is 19.5. The van der Waals surface area contributed by atoms with Gasteiger partial charge in [0.25, 0.3) is 5.79 Å². The van der Waals surface area contributed by atoms with Crippen LogP contribution in [-0.2, 0) is 23.5 Å². The van der Waals surface area contributed by atoms with Crippen molar-refractivity contribution in [3.8, 4) is 0 Å². The Morgan fingerprint density at radius 2 is 1.16 bits per heavy atom. The Bertz CT molecular complexity index is 739. The van der Waals surface area contributed by atoms with E-state index in [1.807, 2.05) is 7.11 Å². The zero-order valence-corrected chi connectivity index (χ0v) is 24.3. The van der Waals surface area contributed by atoms with E-state index >= 15 is 0 Å². The van der Waals surface area contributed by atoms with Crippen LogP contribution in [0, 0.1) is 0 Å². The molecule has 8 heteroatoms. The summed E-state index contributed by atoms with van der Waals surface area (Å²) in [5.41, 5.74) is 0. The quantitative estimate of drug-likeness (QED) is 0.0880. The molecular formula is C29H50O7Si. The molecule has 0 bridgehead atoms. The fourth-order valence-corrected chi connectivity index (χ4v) is 9.01. The minimum atomic E-state index is -2.03. The van der Waals surface area contributed by atoms with Crippen LogP contribution < -0.4 is 5.19 Å². The monoisotopic (exact) mass is 538 g/mol. The maximum absolute atomic E-state index is 11.4. The number of carboxylic acid groups (broad SMARTS) is 2. The van der Waals surface area contributed by atoms with Gasteiger partial charge in [0.15, 0.2) is 0 Å². The lowest BCUT2D eigenvalue weighted by Gasteiger charge is -2.30. The predicted octanol–water partition coefficient (Wildman–Crippen LogP) is 6.50. The highest BCUT2D eigenvalue weighted by molar-refractivity contribution is 6.86. The molecule has 1 aromatic carbocycles. The van der Waals surface area contributed by atoms with E-state index in [0.717, 1.165) is 69.9 Å². The molecule has 0 aliphatic carbocycles. The first-order valence-electron chi connectivity index (χ1n) is 14.0. The van der Waals surface area contributed by atoms with Crippen LogP contribution in [0.1, 0.15) is 96.3 Å². The first-order chi connectivity index (χ1) is 17.9. The Morgan fingerprint density at radius 1 is 0.703 bits per heavy atom. The molecule has 212 valence electrons. The number of carboxylic acids is 2.